The lowest BCUT2D eigenvalue weighted by Gasteiger charge is -2.05. The molecule has 1 aromatic carbocycles. The Morgan fingerprint density at radius 3 is 2.43 bits per heavy atom. The van der Waals surface area contributed by atoms with Gasteiger partial charge in [-0.05, 0) is 12.1 Å². The SMILES string of the molecule is NC(N)=NC(C(=O)O)c1nc(-c2ccc(Cl)cc2)sc1Cl. The summed E-state index contributed by atoms with van der Waals surface area (Å²) >= 11 is 13.0. The number of nitrogens with two attached hydrogens (primary N) is 2. The van der Waals surface area contributed by atoms with Gasteiger partial charge in [-0.15, -0.1) is 11.3 Å². The molecule has 0 amide bonds. The molecule has 6 nitrogen and oxygen atoms in total. The van der Waals surface area contributed by atoms with Gasteiger partial charge in [0.05, 0.1) is 0 Å². The van der Waals surface area contributed by atoms with Gasteiger partial charge in [-0.1, -0.05) is 35.3 Å². The van der Waals surface area contributed by atoms with Crippen LogP contribution in [0.4, 0.5) is 0 Å². The fourth-order valence-electron chi connectivity index (χ4n) is 1.58. The van der Waals surface area contributed by atoms with Gasteiger partial charge < -0.3 is 16.6 Å². The molecule has 5 N–H and O–H groups in total. The van der Waals surface area contributed by atoms with E-state index in [-0.39, 0.29) is 16.0 Å². The number of rotatable bonds is 4. The van der Waals surface area contributed by atoms with E-state index in [0.29, 0.717) is 10.0 Å². The van der Waals surface area contributed by atoms with Crippen LogP contribution in [0.5, 0.6) is 0 Å². The standard InChI is InChI=1S/C12H10Cl2N4O2S/c13-6-3-1-5(2-4-6)10-17-7(9(14)21-10)8(11(19)20)18-12(15)16/h1-4,8H,(H,19,20)(H4,15,16,18). The van der Waals surface area contributed by atoms with Crippen LogP contribution < -0.4 is 11.5 Å². The van der Waals surface area contributed by atoms with Gasteiger partial charge in [0.15, 0.2) is 12.0 Å². The summed E-state index contributed by atoms with van der Waals surface area (Å²) in [4.78, 5) is 19.1. The monoisotopic (exact) mass is 344 g/mol. The van der Waals surface area contributed by atoms with Gasteiger partial charge in [-0.3, -0.25) is 0 Å². The van der Waals surface area contributed by atoms with Crippen LogP contribution in [-0.4, -0.2) is 22.0 Å². The summed E-state index contributed by atoms with van der Waals surface area (Å²) in [6.45, 7) is 0. The lowest BCUT2D eigenvalue weighted by molar-refractivity contribution is -0.138. The number of nitrogens with zero attached hydrogens (tertiary/aromatic N) is 2. The molecule has 1 atom stereocenters. The second kappa shape index (κ2) is 6.30. The highest BCUT2D eigenvalue weighted by Crippen LogP contribution is 2.36. The van der Waals surface area contributed by atoms with Crippen LogP contribution in [0, 0.1) is 0 Å². The van der Waals surface area contributed by atoms with Gasteiger partial charge in [-0.2, -0.15) is 0 Å². The van der Waals surface area contributed by atoms with Crippen molar-refractivity contribution in [1.29, 1.82) is 0 Å². The van der Waals surface area contributed by atoms with Crippen molar-refractivity contribution >= 4 is 46.5 Å². The van der Waals surface area contributed by atoms with E-state index in [1.807, 2.05) is 0 Å². The van der Waals surface area contributed by atoms with Crippen molar-refractivity contribution < 1.29 is 9.90 Å². The minimum atomic E-state index is -1.33. The highest BCUT2D eigenvalue weighted by atomic mass is 35.5. The van der Waals surface area contributed by atoms with Gasteiger partial charge in [0.1, 0.15) is 15.0 Å². The number of carboxylic acid groups (broad SMARTS) is 1. The van der Waals surface area contributed by atoms with Crippen LogP contribution in [0.1, 0.15) is 11.7 Å². The third-order valence-electron chi connectivity index (χ3n) is 2.47. The molecular formula is C12H10Cl2N4O2S. The van der Waals surface area contributed by atoms with E-state index >= 15 is 0 Å². The molecule has 0 spiro atoms. The molecule has 1 unspecified atom stereocenters. The number of aliphatic carboxylic acids is 1. The molecule has 0 aliphatic rings. The molecule has 1 heterocycles. The van der Waals surface area contributed by atoms with Crippen molar-refractivity contribution in [2.45, 2.75) is 6.04 Å². The Labute approximate surface area is 134 Å². The van der Waals surface area contributed by atoms with Crippen molar-refractivity contribution in [2.24, 2.45) is 16.5 Å². The summed E-state index contributed by atoms with van der Waals surface area (Å²) in [5, 5.41) is 10.3. The molecule has 0 aliphatic carbocycles. The van der Waals surface area contributed by atoms with Gasteiger partial charge >= 0.3 is 5.97 Å². The number of thiazole rings is 1. The highest BCUT2D eigenvalue weighted by molar-refractivity contribution is 7.19. The Bertz CT molecular complexity index is 696. The summed E-state index contributed by atoms with van der Waals surface area (Å²) in [5.41, 5.74) is 11.3. The molecule has 0 fully saturated rings. The van der Waals surface area contributed by atoms with E-state index in [1.165, 1.54) is 0 Å². The number of carbonyl (C=O) groups is 1. The topological polar surface area (TPSA) is 115 Å². The maximum atomic E-state index is 11.2. The molecule has 110 valence electrons. The van der Waals surface area contributed by atoms with Gasteiger partial charge in [-0.25, -0.2) is 14.8 Å². The minimum absolute atomic E-state index is 0.104. The lowest BCUT2D eigenvalue weighted by Crippen LogP contribution is -2.25. The first-order valence-electron chi connectivity index (χ1n) is 5.62. The van der Waals surface area contributed by atoms with Crippen LogP contribution in [0.15, 0.2) is 29.3 Å². The smallest absolute Gasteiger partial charge is 0.334 e. The van der Waals surface area contributed by atoms with E-state index in [0.717, 1.165) is 16.9 Å². The average Bonchev–Trinajstić information content (AvgIpc) is 2.78. The Balaban J connectivity index is 2.45. The third kappa shape index (κ3) is 3.63. The summed E-state index contributed by atoms with van der Waals surface area (Å²) in [5.74, 6) is -1.59. The first kappa shape index (κ1) is 15.6. The number of carboxylic acids is 1. The third-order valence-corrected chi connectivity index (χ3v) is 4.06. The van der Waals surface area contributed by atoms with E-state index in [1.54, 1.807) is 24.3 Å². The Kier molecular flexibility index (Phi) is 4.66. The fourth-order valence-corrected chi connectivity index (χ4v) is 2.90. The van der Waals surface area contributed by atoms with Crippen molar-refractivity contribution in [3.05, 3.63) is 39.3 Å². The molecule has 0 saturated carbocycles. The summed E-state index contributed by atoms with van der Waals surface area (Å²) in [6.07, 6.45) is 0. The quantitative estimate of drug-likeness (QED) is 0.582. The zero-order valence-corrected chi connectivity index (χ0v) is 12.8. The first-order chi connectivity index (χ1) is 9.88. The maximum Gasteiger partial charge on any atom is 0.334 e. The largest absolute Gasteiger partial charge is 0.479 e. The predicted octanol–water partition coefficient (Wildman–Crippen LogP) is 2.52. The Morgan fingerprint density at radius 1 is 1.29 bits per heavy atom. The van der Waals surface area contributed by atoms with Gasteiger partial charge in [0.25, 0.3) is 0 Å². The molecule has 1 aromatic heterocycles. The highest BCUT2D eigenvalue weighted by Gasteiger charge is 2.26. The maximum absolute atomic E-state index is 11.2. The molecule has 2 aromatic rings. The number of hydrogen-bond acceptors (Lipinski definition) is 4. The van der Waals surface area contributed by atoms with Crippen LogP contribution in [0.2, 0.25) is 9.36 Å². The van der Waals surface area contributed by atoms with E-state index in [2.05, 4.69) is 9.98 Å². The number of hydrogen-bond donors (Lipinski definition) is 3. The number of guanidine groups is 1. The fraction of sp³-hybridized carbons (Fsp3) is 0.0833. The van der Waals surface area contributed by atoms with Gasteiger partial charge in [0, 0.05) is 10.6 Å². The van der Waals surface area contributed by atoms with Crippen LogP contribution >= 0.6 is 34.5 Å². The number of aliphatic imine (C=N–C) groups is 1. The zero-order chi connectivity index (χ0) is 15.6. The molecule has 0 saturated heterocycles. The summed E-state index contributed by atoms with van der Waals surface area (Å²) < 4.78 is 0.220. The normalized spacial score (nSPS) is 11.9. The van der Waals surface area contributed by atoms with Gasteiger partial charge in [0.2, 0.25) is 0 Å². The average molecular weight is 345 g/mol. The second-order valence-corrected chi connectivity index (χ2v) is 6.02. The Morgan fingerprint density at radius 2 is 1.90 bits per heavy atom. The number of halogens is 2. The number of aromatic nitrogens is 1. The molecule has 0 bridgehead atoms. The van der Waals surface area contributed by atoms with Crippen molar-refractivity contribution in [3.8, 4) is 10.6 Å². The van der Waals surface area contributed by atoms with E-state index < -0.39 is 12.0 Å². The predicted molar refractivity (Wildman–Crippen MR) is 83.8 cm³/mol. The van der Waals surface area contributed by atoms with Crippen molar-refractivity contribution in [3.63, 3.8) is 0 Å². The minimum Gasteiger partial charge on any atom is -0.479 e. The molecular weight excluding hydrogens is 335 g/mol. The van der Waals surface area contributed by atoms with Crippen LogP contribution in [-0.2, 0) is 4.79 Å². The molecule has 0 aliphatic heterocycles. The molecule has 21 heavy (non-hydrogen) atoms. The zero-order valence-electron chi connectivity index (χ0n) is 10.5. The molecule has 9 heteroatoms. The summed E-state index contributed by atoms with van der Waals surface area (Å²) in [6, 6.07) is 5.60. The van der Waals surface area contributed by atoms with Crippen molar-refractivity contribution in [2.75, 3.05) is 0 Å². The van der Waals surface area contributed by atoms with Crippen LogP contribution in [0.25, 0.3) is 10.6 Å². The Hall–Kier alpha value is -1.83. The lowest BCUT2D eigenvalue weighted by atomic mass is 10.2. The second-order valence-electron chi connectivity index (χ2n) is 3.98. The summed E-state index contributed by atoms with van der Waals surface area (Å²) in [7, 11) is 0. The molecule has 0 radical (unpaired) electrons. The first-order valence-corrected chi connectivity index (χ1v) is 7.19. The van der Waals surface area contributed by atoms with Crippen LogP contribution in [0.3, 0.4) is 0 Å². The van der Waals surface area contributed by atoms with E-state index in [4.69, 9.17) is 34.7 Å². The molecule has 2 rings (SSSR count). The van der Waals surface area contributed by atoms with E-state index in [9.17, 15) is 9.90 Å². The van der Waals surface area contributed by atoms with Crippen molar-refractivity contribution in [1.82, 2.24) is 4.98 Å². The number of benzene rings is 1.